The summed E-state index contributed by atoms with van der Waals surface area (Å²) < 4.78 is 5.14. The molecule has 0 radical (unpaired) electrons. The minimum absolute atomic E-state index is 0.144. The standard InChI is InChI=1S/C18H17N5O2/c1-25-15-8-6-13(7-9-15)22-12-2-4-14(5-3-12)23-18-16(10-24)17(19)20-11-21-18/h2-11,22H,1H3,(H3,19,20,21,23). The third-order valence-electron chi connectivity index (χ3n) is 3.56. The molecular weight excluding hydrogens is 318 g/mol. The van der Waals surface area contributed by atoms with Crippen LogP contribution in [0.5, 0.6) is 5.75 Å². The Morgan fingerprint density at radius 2 is 1.48 bits per heavy atom. The predicted octanol–water partition coefficient (Wildman–Crippen LogP) is 3.37. The Bertz CT molecular complexity index is 864. The molecule has 0 bridgehead atoms. The first kappa shape index (κ1) is 16.3. The Kier molecular flexibility index (Phi) is 4.75. The number of methoxy groups -OCH3 is 1. The Balaban J connectivity index is 1.72. The monoisotopic (exact) mass is 335 g/mol. The number of nitrogen functional groups attached to an aromatic ring is 1. The molecule has 0 atom stereocenters. The van der Waals surface area contributed by atoms with Gasteiger partial charge >= 0.3 is 0 Å². The van der Waals surface area contributed by atoms with Crippen LogP contribution in [0.2, 0.25) is 0 Å². The van der Waals surface area contributed by atoms with E-state index in [9.17, 15) is 4.79 Å². The molecule has 2 aromatic carbocycles. The van der Waals surface area contributed by atoms with Gasteiger partial charge in [-0.05, 0) is 48.5 Å². The molecule has 1 aromatic heterocycles. The number of nitrogens with two attached hydrogens (primary N) is 1. The number of hydrogen-bond acceptors (Lipinski definition) is 7. The van der Waals surface area contributed by atoms with E-state index in [2.05, 4.69) is 20.6 Å². The topological polar surface area (TPSA) is 102 Å². The number of aldehydes is 1. The van der Waals surface area contributed by atoms with Crippen LogP contribution in [0.15, 0.2) is 54.9 Å². The molecular formula is C18H17N5O2. The summed E-state index contributed by atoms with van der Waals surface area (Å²) in [6, 6.07) is 15.2. The van der Waals surface area contributed by atoms with Crippen LogP contribution in [-0.4, -0.2) is 23.4 Å². The van der Waals surface area contributed by atoms with Crippen LogP contribution in [0.3, 0.4) is 0 Å². The number of anilines is 5. The number of benzene rings is 2. The highest BCUT2D eigenvalue weighted by Gasteiger charge is 2.08. The Morgan fingerprint density at radius 1 is 0.920 bits per heavy atom. The average molecular weight is 335 g/mol. The summed E-state index contributed by atoms with van der Waals surface area (Å²) in [5.41, 5.74) is 8.57. The third-order valence-corrected chi connectivity index (χ3v) is 3.56. The van der Waals surface area contributed by atoms with Crippen LogP contribution in [0, 0.1) is 0 Å². The fourth-order valence-electron chi connectivity index (χ4n) is 2.24. The van der Waals surface area contributed by atoms with Crippen LogP contribution in [0.25, 0.3) is 0 Å². The van der Waals surface area contributed by atoms with E-state index in [1.165, 1.54) is 6.33 Å². The van der Waals surface area contributed by atoms with Crippen LogP contribution >= 0.6 is 0 Å². The number of carbonyl (C=O) groups excluding carboxylic acids is 1. The van der Waals surface area contributed by atoms with Gasteiger partial charge in [0.15, 0.2) is 6.29 Å². The van der Waals surface area contributed by atoms with E-state index in [0.29, 0.717) is 12.1 Å². The molecule has 0 aliphatic carbocycles. The Labute approximate surface area is 144 Å². The second kappa shape index (κ2) is 7.31. The largest absolute Gasteiger partial charge is 0.497 e. The van der Waals surface area contributed by atoms with Gasteiger partial charge in [-0.2, -0.15) is 0 Å². The molecule has 7 nitrogen and oxygen atoms in total. The van der Waals surface area contributed by atoms with Gasteiger partial charge in [-0.3, -0.25) is 4.79 Å². The van der Waals surface area contributed by atoms with E-state index in [1.807, 2.05) is 48.5 Å². The zero-order chi connectivity index (χ0) is 17.6. The van der Waals surface area contributed by atoms with Crippen molar-refractivity contribution in [2.24, 2.45) is 0 Å². The van der Waals surface area contributed by atoms with Crippen molar-refractivity contribution in [3.8, 4) is 5.75 Å². The highest BCUT2D eigenvalue weighted by atomic mass is 16.5. The normalized spacial score (nSPS) is 10.1. The molecule has 0 saturated carbocycles. The van der Waals surface area contributed by atoms with Gasteiger partial charge in [0, 0.05) is 17.1 Å². The predicted molar refractivity (Wildman–Crippen MR) is 97.8 cm³/mol. The maximum absolute atomic E-state index is 11.1. The van der Waals surface area contributed by atoms with Gasteiger partial charge in [-0.15, -0.1) is 0 Å². The average Bonchev–Trinajstić information content (AvgIpc) is 2.64. The second-order valence-electron chi connectivity index (χ2n) is 5.19. The van der Waals surface area contributed by atoms with Crippen molar-refractivity contribution in [1.82, 2.24) is 9.97 Å². The molecule has 4 N–H and O–H groups in total. The van der Waals surface area contributed by atoms with Crippen LogP contribution < -0.4 is 21.1 Å². The van der Waals surface area contributed by atoms with Gasteiger partial charge < -0.3 is 21.1 Å². The zero-order valence-electron chi connectivity index (χ0n) is 13.6. The zero-order valence-corrected chi connectivity index (χ0v) is 13.6. The molecule has 0 spiro atoms. The first-order valence-electron chi connectivity index (χ1n) is 7.53. The molecule has 126 valence electrons. The molecule has 0 aliphatic heterocycles. The summed E-state index contributed by atoms with van der Waals surface area (Å²) >= 11 is 0. The van der Waals surface area contributed by atoms with E-state index in [4.69, 9.17) is 10.5 Å². The minimum Gasteiger partial charge on any atom is -0.497 e. The maximum atomic E-state index is 11.1. The van der Waals surface area contributed by atoms with Crippen molar-refractivity contribution in [2.75, 3.05) is 23.5 Å². The van der Waals surface area contributed by atoms with Gasteiger partial charge in [0.2, 0.25) is 0 Å². The summed E-state index contributed by atoms with van der Waals surface area (Å²) in [4.78, 5) is 19.0. The number of aromatic nitrogens is 2. The number of nitrogens with one attached hydrogen (secondary N) is 2. The fraction of sp³-hybridized carbons (Fsp3) is 0.0556. The summed E-state index contributed by atoms with van der Waals surface area (Å²) in [5, 5.41) is 6.36. The van der Waals surface area contributed by atoms with E-state index >= 15 is 0 Å². The lowest BCUT2D eigenvalue weighted by Gasteiger charge is -2.11. The van der Waals surface area contributed by atoms with Gasteiger partial charge in [0.05, 0.1) is 12.7 Å². The molecule has 0 fully saturated rings. The van der Waals surface area contributed by atoms with Gasteiger partial charge in [0.1, 0.15) is 23.7 Å². The molecule has 0 unspecified atom stereocenters. The van der Waals surface area contributed by atoms with Crippen molar-refractivity contribution in [3.05, 3.63) is 60.4 Å². The molecule has 3 rings (SSSR count). The molecule has 3 aromatic rings. The van der Waals surface area contributed by atoms with Crippen molar-refractivity contribution in [3.63, 3.8) is 0 Å². The van der Waals surface area contributed by atoms with Crippen LogP contribution in [0.4, 0.5) is 28.7 Å². The Hall–Kier alpha value is -3.61. The molecule has 25 heavy (non-hydrogen) atoms. The molecule has 0 aliphatic rings. The number of ether oxygens (including phenoxy) is 1. The first-order chi connectivity index (χ1) is 12.2. The lowest BCUT2D eigenvalue weighted by Crippen LogP contribution is -2.04. The lowest BCUT2D eigenvalue weighted by atomic mass is 10.2. The summed E-state index contributed by atoms with van der Waals surface area (Å²) in [6.45, 7) is 0. The fourth-order valence-corrected chi connectivity index (χ4v) is 2.24. The molecule has 0 amide bonds. The number of carbonyl (C=O) groups is 1. The molecule has 7 heteroatoms. The van der Waals surface area contributed by atoms with E-state index in [-0.39, 0.29) is 11.4 Å². The first-order valence-corrected chi connectivity index (χ1v) is 7.53. The second-order valence-corrected chi connectivity index (χ2v) is 5.19. The van der Waals surface area contributed by atoms with E-state index < -0.39 is 0 Å². The third kappa shape index (κ3) is 3.84. The summed E-state index contributed by atoms with van der Waals surface area (Å²) in [5.74, 6) is 1.32. The van der Waals surface area contributed by atoms with Gasteiger partial charge in [-0.1, -0.05) is 0 Å². The van der Waals surface area contributed by atoms with Gasteiger partial charge in [-0.25, -0.2) is 9.97 Å². The van der Waals surface area contributed by atoms with E-state index in [0.717, 1.165) is 22.8 Å². The lowest BCUT2D eigenvalue weighted by molar-refractivity contribution is 0.112. The number of rotatable bonds is 6. The smallest absolute Gasteiger partial charge is 0.157 e. The molecule has 1 heterocycles. The SMILES string of the molecule is COc1ccc(Nc2ccc(Nc3ncnc(N)c3C=O)cc2)cc1. The van der Waals surface area contributed by atoms with Gasteiger partial charge in [0.25, 0.3) is 0 Å². The maximum Gasteiger partial charge on any atom is 0.157 e. The number of nitrogens with zero attached hydrogens (tertiary/aromatic N) is 2. The van der Waals surface area contributed by atoms with Crippen LogP contribution in [0.1, 0.15) is 10.4 Å². The van der Waals surface area contributed by atoms with Crippen molar-refractivity contribution in [2.45, 2.75) is 0 Å². The number of hydrogen-bond donors (Lipinski definition) is 3. The van der Waals surface area contributed by atoms with E-state index in [1.54, 1.807) is 7.11 Å². The molecule has 0 saturated heterocycles. The minimum atomic E-state index is 0.144. The van der Waals surface area contributed by atoms with Crippen molar-refractivity contribution < 1.29 is 9.53 Å². The summed E-state index contributed by atoms with van der Waals surface area (Å²) in [7, 11) is 1.63. The Morgan fingerprint density at radius 3 is 2.04 bits per heavy atom. The van der Waals surface area contributed by atoms with Crippen molar-refractivity contribution in [1.29, 1.82) is 0 Å². The van der Waals surface area contributed by atoms with Crippen LogP contribution in [-0.2, 0) is 0 Å². The summed E-state index contributed by atoms with van der Waals surface area (Å²) in [6.07, 6.45) is 1.95. The quantitative estimate of drug-likeness (QED) is 0.593. The van der Waals surface area contributed by atoms with Crippen molar-refractivity contribution >= 4 is 35.0 Å². The highest BCUT2D eigenvalue weighted by Crippen LogP contribution is 2.24. The highest BCUT2D eigenvalue weighted by molar-refractivity contribution is 5.89.